The number of rotatable bonds is 10. The molecule has 2 rings (SSSR count). The first-order valence-electron chi connectivity index (χ1n) is 9.81. The standard InChI is InChI=1S/C23H28O7/c1-5-27-20(24)14-29-17-9-10-19-18(13-17)21(25)22(23(26)30-19)28-12-11-16(4)8-6-7-15(2)3/h7,9-11,13,25H,5-6,8,12,14H2,1-4H3. The molecule has 0 aliphatic rings. The van der Waals surface area contributed by atoms with Gasteiger partial charge in [0.2, 0.25) is 5.75 Å². The summed E-state index contributed by atoms with van der Waals surface area (Å²) in [5, 5.41) is 10.8. The van der Waals surface area contributed by atoms with E-state index in [9.17, 15) is 14.7 Å². The maximum atomic E-state index is 12.2. The summed E-state index contributed by atoms with van der Waals surface area (Å²) >= 11 is 0. The highest BCUT2D eigenvalue weighted by Gasteiger charge is 2.16. The van der Waals surface area contributed by atoms with Crippen molar-refractivity contribution >= 4 is 16.9 Å². The van der Waals surface area contributed by atoms with Crippen molar-refractivity contribution in [1.29, 1.82) is 0 Å². The van der Waals surface area contributed by atoms with Gasteiger partial charge in [0.05, 0.1) is 12.0 Å². The van der Waals surface area contributed by atoms with Crippen LogP contribution in [0.3, 0.4) is 0 Å². The Morgan fingerprint density at radius 1 is 1.17 bits per heavy atom. The molecule has 2 aromatic rings. The summed E-state index contributed by atoms with van der Waals surface area (Å²) in [7, 11) is 0. The molecule has 7 nitrogen and oxygen atoms in total. The molecule has 1 N–H and O–H groups in total. The van der Waals surface area contributed by atoms with Gasteiger partial charge in [-0.05, 0) is 64.8 Å². The number of ether oxygens (including phenoxy) is 3. The van der Waals surface area contributed by atoms with E-state index in [0.717, 1.165) is 18.4 Å². The zero-order valence-corrected chi connectivity index (χ0v) is 17.8. The molecule has 1 heterocycles. The van der Waals surface area contributed by atoms with Gasteiger partial charge in [-0.3, -0.25) is 0 Å². The van der Waals surface area contributed by atoms with Crippen LogP contribution in [0.25, 0.3) is 11.0 Å². The molecular formula is C23H28O7. The predicted molar refractivity (Wildman–Crippen MR) is 114 cm³/mol. The first kappa shape index (κ1) is 23.1. The molecule has 0 amide bonds. The first-order valence-corrected chi connectivity index (χ1v) is 9.81. The average molecular weight is 416 g/mol. The van der Waals surface area contributed by atoms with Gasteiger partial charge >= 0.3 is 11.6 Å². The molecule has 0 bridgehead atoms. The molecule has 0 radical (unpaired) electrons. The van der Waals surface area contributed by atoms with Crippen LogP contribution in [0.2, 0.25) is 0 Å². The van der Waals surface area contributed by atoms with E-state index < -0.39 is 11.6 Å². The number of carbonyl (C=O) groups excluding carboxylic acids is 1. The van der Waals surface area contributed by atoms with Crippen molar-refractivity contribution in [1.82, 2.24) is 0 Å². The quantitative estimate of drug-likeness (QED) is 0.346. The van der Waals surface area contributed by atoms with Crippen LogP contribution in [-0.4, -0.2) is 30.9 Å². The van der Waals surface area contributed by atoms with E-state index in [-0.39, 0.29) is 42.3 Å². The Hall–Kier alpha value is -3.22. The van der Waals surface area contributed by atoms with Gasteiger partial charge in [-0.1, -0.05) is 17.2 Å². The Balaban J connectivity index is 2.13. The predicted octanol–water partition coefficient (Wildman–Crippen LogP) is 4.51. The fraction of sp³-hybridized carbons (Fsp3) is 0.391. The Morgan fingerprint density at radius 2 is 1.93 bits per heavy atom. The number of fused-ring (bicyclic) bond motifs is 1. The molecule has 0 atom stereocenters. The molecule has 0 fully saturated rings. The third-order valence-corrected chi connectivity index (χ3v) is 4.22. The van der Waals surface area contributed by atoms with E-state index in [2.05, 4.69) is 19.9 Å². The van der Waals surface area contributed by atoms with E-state index in [4.69, 9.17) is 18.6 Å². The molecule has 7 heteroatoms. The van der Waals surface area contributed by atoms with Crippen LogP contribution >= 0.6 is 0 Å². The van der Waals surface area contributed by atoms with Gasteiger partial charge in [0.25, 0.3) is 0 Å². The fourth-order valence-electron chi connectivity index (χ4n) is 2.67. The van der Waals surface area contributed by atoms with E-state index in [1.807, 2.05) is 13.0 Å². The van der Waals surface area contributed by atoms with E-state index in [0.29, 0.717) is 5.75 Å². The number of esters is 1. The van der Waals surface area contributed by atoms with Crippen molar-refractivity contribution in [3.8, 4) is 17.2 Å². The van der Waals surface area contributed by atoms with E-state index in [1.54, 1.807) is 6.92 Å². The van der Waals surface area contributed by atoms with Gasteiger partial charge in [0, 0.05) is 0 Å². The number of hydrogen-bond donors (Lipinski definition) is 1. The molecule has 1 aromatic heterocycles. The van der Waals surface area contributed by atoms with Crippen LogP contribution in [0.15, 0.2) is 50.7 Å². The van der Waals surface area contributed by atoms with Crippen LogP contribution in [-0.2, 0) is 9.53 Å². The smallest absolute Gasteiger partial charge is 0.383 e. The summed E-state index contributed by atoms with van der Waals surface area (Å²) in [5.74, 6) is -0.783. The van der Waals surface area contributed by atoms with Gasteiger partial charge in [0.15, 0.2) is 12.4 Å². The topological polar surface area (TPSA) is 95.2 Å². The minimum absolute atomic E-state index is 0.129. The van der Waals surface area contributed by atoms with Crippen LogP contribution in [0.5, 0.6) is 17.2 Å². The second-order valence-corrected chi connectivity index (χ2v) is 7.00. The minimum atomic E-state index is -0.768. The monoisotopic (exact) mass is 416 g/mol. The second kappa shape index (κ2) is 11.1. The molecule has 162 valence electrons. The molecule has 1 aromatic carbocycles. The van der Waals surface area contributed by atoms with Crippen LogP contribution < -0.4 is 15.1 Å². The highest BCUT2D eigenvalue weighted by molar-refractivity contribution is 5.86. The van der Waals surface area contributed by atoms with E-state index >= 15 is 0 Å². The number of carbonyl (C=O) groups is 1. The summed E-state index contributed by atoms with van der Waals surface area (Å²) in [6.45, 7) is 7.91. The maximum absolute atomic E-state index is 12.2. The van der Waals surface area contributed by atoms with Gasteiger partial charge in [-0.15, -0.1) is 0 Å². The molecule has 0 saturated carbocycles. The largest absolute Gasteiger partial charge is 0.504 e. The summed E-state index contributed by atoms with van der Waals surface area (Å²) in [6.07, 6.45) is 5.83. The van der Waals surface area contributed by atoms with Crippen molar-refractivity contribution in [2.75, 3.05) is 19.8 Å². The molecular weight excluding hydrogens is 388 g/mol. The Morgan fingerprint density at radius 3 is 2.63 bits per heavy atom. The number of aromatic hydroxyl groups is 1. The highest BCUT2D eigenvalue weighted by atomic mass is 16.6. The van der Waals surface area contributed by atoms with Crippen molar-refractivity contribution in [2.24, 2.45) is 0 Å². The summed E-state index contributed by atoms with van der Waals surface area (Å²) in [6, 6.07) is 4.48. The molecule has 0 saturated heterocycles. The van der Waals surface area contributed by atoms with Crippen molar-refractivity contribution in [3.05, 3.63) is 51.9 Å². The molecule has 0 aliphatic carbocycles. The van der Waals surface area contributed by atoms with Crippen molar-refractivity contribution in [3.63, 3.8) is 0 Å². The maximum Gasteiger partial charge on any atom is 0.383 e. The van der Waals surface area contributed by atoms with E-state index in [1.165, 1.54) is 23.8 Å². The number of allylic oxidation sites excluding steroid dienone is 3. The zero-order chi connectivity index (χ0) is 22.1. The van der Waals surface area contributed by atoms with Gasteiger partial charge in [-0.2, -0.15) is 0 Å². The Bertz CT molecular complexity index is 995. The Labute approximate surface area is 175 Å². The lowest BCUT2D eigenvalue weighted by molar-refractivity contribution is -0.145. The lowest BCUT2D eigenvalue weighted by Crippen LogP contribution is -2.14. The molecule has 0 spiro atoms. The summed E-state index contributed by atoms with van der Waals surface area (Å²) < 4.78 is 20.9. The van der Waals surface area contributed by atoms with Gasteiger partial charge < -0.3 is 23.7 Å². The van der Waals surface area contributed by atoms with Crippen LogP contribution in [0, 0.1) is 0 Å². The second-order valence-electron chi connectivity index (χ2n) is 7.00. The first-order chi connectivity index (χ1) is 14.3. The fourth-order valence-corrected chi connectivity index (χ4v) is 2.67. The molecule has 0 unspecified atom stereocenters. The Kier molecular flexibility index (Phi) is 8.53. The number of hydrogen-bond acceptors (Lipinski definition) is 7. The van der Waals surface area contributed by atoms with Crippen LogP contribution in [0.4, 0.5) is 0 Å². The SMILES string of the molecule is CCOC(=O)COc1ccc2oc(=O)c(OCC=C(C)CCC=C(C)C)c(O)c2c1. The lowest BCUT2D eigenvalue weighted by atomic mass is 10.1. The average Bonchev–Trinajstić information content (AvgIpc) is 2.69. The minimum Gasteiger partial charge on any atom is -0.504 e. The van der Waals surface area contributed by atoms with Crippen LogP contribution in [0.1, 0.15) is 40.5 Å². The molecule has 30 heavy (non-hydrogen) atoms. The molecule has 0 aliphatic heterocycles. The van der Waals surface area contributed by atoms with Crippen molar-refractivity contribution < 1.29 is 28.5 Å². The highest BCUT2D eigenvalue weighted by Crippen LogP contribution is 2.33. The van der Waals surface area contributed by atoms with Gasteiger partial charge in [-0.25, -0.2) is 9.59 Å². The summed E-state index contributed by atoms with van der Waals surface area (Å²) in [5.41, 5.74) is 1.80. The number of benzene rings is 1. The van der Waals surface area contributed by atoms with Crippen molar-refractivity contribution in [2.45, 2.75) is 40.5 Å². The summed E-state index contributed by atoms with van der Waals surface area (Å²) in [4.78, 5) is 23.6. The zero-order valence-electron chi connectivity index (χ0n) is 17.8. The third-order valence-electron chi connectivity index (χ3n) is 4.22. The lowest BCUT2D eigenvalue weighted by Gasteiger charge is -2.10. The van der Waals surface area contributed by atoms with Gasteiger partial charge in [0.1, 0.15) is 17.9 Å². The third kappa shape index (κ3) is 6.69. The normalized spacial score (nSPS) is 11.3.